The Bertz CT molecular complexity index is 337. The van der Waals surface area contributed by atoms with Crippen LogP contribution in [0.1, 0.15) is 25.0 Å². The van der Waals surface area contributed by atoms with Gasteiger partial charge in [-0.3, -0.25) is 4.68 Å². The molecule has 1 aliphatic carbocycles. The molecule has 0 atom stereocenters. The van der Waals surface area contributed by atoms with Crippen molar-refractivity contribution in [2.45, 2.75) is 31.2 Å². The van der Waals surface area contributed by atoms with Gasteiger partial charge in [0.05, 0.1) is 10.7 Å². The van der Waals surface area contributed by atoms with E-state index >= 15 is 0 Å². The lowest BCUT2D eigenvalue weighted by Crippen LogP contribution is -2.33. The van der Waals surface area contributed by atoms with Crippen LogP contribution in [0.5, 0.6) is 0 Å². The van der Waals surface area contributed by atoms with E-state index in [2.05, 4.69) is 23.8 Å². The third-order valence-corrected chi connectivity index (χ3v) is 5.34. The largest absolute Gasteiger partial charge is 0.262 e. The predicted octanol–water partition coefficient (Wildman–Crippen LogP) is 2.92. The average Bonchev–Trinajstić information content (AvgIpc) is 2.44. The van der Waals surface area contributed by atoms with Crippen molar-refractivity contribution in [3.8, 4) is 0 Å². The number of hydrogen-bond acceptors (Lipinski definition) is 3. The van der Waals surface area contributed by atoms with Crippen molar-refractivity contribution in [3.63, 3.8) is 0 Å². The summed E-state index contributed by atoms with van der Waals surface area (Å²) in [7, 11) is 2.02. The molecule has 1 aliphatic rings. The number of hydrogen-bond donors (Lipinski definition) is 1. The molecule has 1 fully saturated rings. The number of thiol groups is 1. The van der Waals surface area contributed by atoms with E-state index in [-0.39, 0.29) is 0 Å². The van der Waals surface area contributed by atoms with Gasteiger partial charge in [-0.05, 0) is 37.0 Å². The summed E-state index contributed by atoms with van der Waals surface area (Å²) in [6.07, 6.45) is 4.08. The average molecular weight is 242 g/mol. The Balaban J connectivity index is 1.95. The quantitative estimate of drug-likeness (QED) is 0.646. The summed E-state index contributed by atoms with van der Waals surface area (Å²) < 4.78 is 1.98. The van der Waals surface area contributed by atoms with Crippen LogP contribution < -0.4 is 0 Å². The lowest BCUT2D eigenvalue weighted by molar-refractivity contribution is 0.205. The zero-order valence-electron chi connectivity index (χ0n) is 9.36. The van der Waals surface area contributed by atoms with Crippen molar-refractivity contribution in [1.82, 2.24) is 9.78 Å². The van der Waals surface area contributed by atoms with Gasteiger partial charge in [0.25, 0.3) is 0 Å². The Morgan fingerprint density at radius 1 is 1.60 bits per heavy atom. The van der Waals surface area contributed by atoms with Crippen LogP contribution in [-0.2, 0) is 7.05 Å². The van der Waals surface area contributed by atoms with Crippen molar-refractivity contribution < 1.29 is 0 Å². The first-order valence-electron chi connectivity index (χ1n) is 5.40. The highest BCUT2D eigenvalue weighted by Crippen LogP contribution is 2.45. The summed E-state index contributed by atoms with van der Waals surface area (Å²) in [5.74, 6) is 2.21. The Labute approximate surface area is 101 Å². The molecular weight excluding hydrogens is 224 g/mol. The number of nitrogens with zero attached hydrogens (tertiary/aromatic N) is 2. The van der Waals surface area contributed by atoms with Crippen molar-refractivity contribution in [2.24, 2.45) is 12.5 Å². The van der Waals surface area contributed by atoms with E-state index in [0.717, 1.165) is 11.4 Å². The maximum absolute atomic E-state index is 4.47. The summed E-state index contributed by atoms with van der Waals surface area (Å²) in [6.45, 7) is 2.04. The van der Waals surface area contributed by atoms with Crippen molar-refractivity contribution >= 4 is 24.4 Å². The predicted molar refractivity (Wildman–Crippen MR) is 68.8 cm³/mol. The van der Waals surface area contributed by atoms with Gasteiger partial charge in [-0.1, -0.05) is 6.42 Å². The summed E-state index contributed by atoms with van der Waals surface area (Å²) in [5, 5.41) is 5.64. The van der Waals surface area contributed by atoms with Gasteiger partial charge in [0.2, 0.25) is 0 Å². The highest BCUT2D eigenvalue weighted by molar-refractivity contribution is 7.99. The van der Waals surface area contributed by atoms with E-state index in [1.165, 1.54) is 30.0 Å². The van der Waals surface area contributed by atoms with Gasteiger partial charge in [0.1, 0.15) is 0 Å². The third kappa shape index (κ3) is 2.36. The molecule has 84 valence electrons. The number of aryl methyl sites for hydroxylation is 2. The van der Waals surface area contributed by atoms with Crippen molar-refractivity contribution in [3.05, 3.63) is 11.8 Å². The van der Waals surface area contributed by atoms with Crippen LogP contribution in [0.4, 0.5) is 0 Å². The first-order valence-corrected chi connectivity index (χ1v) is 7.01. The number of rotatable bonds is 4. The third-order valence-electron chi connectivity index (χ3n) is 3.23. The molecule has 0 bridgehead atoms. The fourth-order valence-corrected chi connectivity index (χ4v) is 3.88. The van der Waals surface area contributed by atoms with Crippen LogP contribution in [-0.4, -0.2) is 21.3 Å². The standard InChI is InChI=1S/C11H18N2S2/c1-9-6-10(13(2)12-9)15-8-11(7-14)4-3-5-11/h6,14H,3-5,7-8H2,1-2H3. The summed E-state index contributed by atoms with van der Waals surface area (Å²) in [5.41, 5.74) is 1.61. The molecule has 0 spiro atoms. The molecule has 15 heavy (non-hydrogen) atoms. The Kier molecular flexibility index (Phi) is 3.36. The molecule has 0 radical (unpaired) electrons. The van der Waals surface area contributed by atoms with Crippen molar-refractivity contribution in [1.29, 1.82) is 0 Å². The van der Waals surface area contributed by atoms with Gasteiger partial charge >= 0.3 is 0 Å². The smallest absolute Gasteiger partial charge is 0.0939 e. The summed E-state index contributed by atoms with van der Waals surface area (Å²) >= 11 is 6.40. The zero-order valence-corrected chi connectivity index (χ0v) is 11.1. The van der Waals surface area contributed by atoms with Gasteiger partial charge in [-0.15, -0.1) is 11.8 Å². The van der Waals surface area contributed by atoms with Gasteiger partial charge in [0.15, 0.2) is 0 Å². The van der Waals surface area contributed by atoms with Crippen molar-refractivity contribution in [2.75, 3.05) is 11.5 Å². The Hall–Kier alpha value is -0.0900. The van der Waals surface area contributed by atoms with Crippen LogP contribution in [0.2, 0.25) is 0 Å². The maximum Gasteiger partial charge on any atom is 0.0939 e. The molecule has 0 amide bonds. The molecule has 0 aliphatic heterocycles. The van der Waals surface area contributed by atoms with Gasteiger partial charge in [0, 0.05) is 12.8 Å². The topological polar surface area (TPSA) is 17.8 Å². The molecule has 0 unspecified atom stereocenters. The van der Waals surface area contributed by atoms with Gasteiger partial charge in [-0.2, -0.15) is 17.7 Å². The molecule has 0 N–H and O–H groups in total. The van der Waals surface area contributed by atoms with E-state index in [1.807, 2.05) is 30.4 Å². The normalized spacial score (nSPS) is 18.9. The minimum atomic E-state index is 0.506. The van der Waals surface area contributed by atoms with Crippen LogP contribution >= 0.6 is 24.4 Å². The molecule has 1 aromatic rings. The monoisotopic (exact) mass is 242 g/mol. The second-order valence-electron chi connectivity index (χ2n) is 4.55. The SMILES string of the molecule is Cc1cc(SCC2(CS)CCC2)n(C)n1. The molecule has 1 heterocycles. The van der Waals surface area contributed by atoms with Crippen LogP contribution in [0, 0.1) is 12.3 Å². The van der Waals surface area contributed by atoms with Gasteiger partial charge < -0.3 is 0 Å². The van der Waals surface area contributed by atoms with E-state index in [9.17, 15) is 0 Å². The Morgan fingerprint density at radius 2 is 2.33 bits per heavy atom. The lowest BCUT2D eigenvalue weighted by atomic mass is 9.72. The lowest BCUT2D eigenvalue weighted by Gasteiger charge is -2.40. The number of aromatic nitrogens is 2. The van der Waals surface area contributed by atoms with Gasteiger partial charge in [-0.25, -0.2) is 0 Å². The Morgan fingerprint density at radius 3 is 2.73 bits per heavy atom. The van der Waals surface area contributed by atoms with Crippen LogP contribution in [0.15, 0.2) is 11.1 Å². The minimum absolute atomic E-state index is 0.506. The molecular formula is C11H18N2S2. The van der Waals surface area contributed by atoms with E-state index in [4.69, 9.17) is 0 Å². The maximum atomic E-state index is 4.47. The molecule has 2 nitrogen and oxygen atoms in total. The first kappa shape index (κ1) is 11.4. The fourth-order valence-electron chi connectivity index (χ4n) is 1.97. The number of thioether (sulfide) groups is 1. The summed E-state index contributed by atoms with van der Waals surface area (Å²) in [6, 6.07) is 2.16. The van der Waals surface area contributed by atoms with E-state index < -0.39 is 0 Å². The summed E-state index contributed by atoms with van der Waals surface area (Å²) in [4.78, 5) is 0. The molecule has 4 heteroatoms. The molecule has 0 saturated heterocycles. The zero-order chi connectivity index (χ0) is 10.9. The van der Waals surface area contributed by atoms with Crippen LogP contribution in [0.25, 0.3) is 0 Å². The minimum Gasteiger partial charge on any atom is -0.262 e. The van der Waals surface area contributed by atoms with E-state index in [1.54, 1.807) is 0 Å². The molecule has 0 aromatic carbocycles. The highest BCUT2D eigenvalue weighted by atomic mass is 32.2. The van der Waals surface area contributed by atoms with E-state index in [0.29, 0.717) is 5.41 Å². The molecule has 1 saturated carbocycles. The first-order chi connectivity index (χ1) is 7.15. The molecule has 1 aromatic heterocycles. The second-order valence-corrected chi connectivity index (χ2v) is 5.86. The molecule has 2 rings (SSSR count). The van der Waals surface area contributed by atoms with Crippen LogP contribution in [0.3, 0.4) is 0 Å². The highest BCUT2D eigenvalue weighted by Gasteiger charge is 2.35. The second kappa shape index (κ2) is 4.42. The fraction of sp³-hybridized carbons (Fsp3) is 0.727.